The standard InChI is InChI=1S/C26H24O4/c27-25(29-15-17-7-3-1-4-8-17)21-12-11-20-19-13-22(24(20)21)23(14-19)26(28)30-16-18-9-5-2-6-10-18/h1-12,14,19-22,24H,13,15-16H2. The van der Waals surface area contributed by atoms with Gasteiger partial charge in [0.2, 0.25) is 0 Å². The van der Waals surface area contributed by atoms with Crippen LogP contribution in [0.15, 0.2) is 84.5 Å². The SMILES string of the molecule is O=C(OCc1ccccc1)C1=CC2CC1C1C(C(=O)OCc3ccccc3)C=CC21. The van der Waals surface area contributed by atoms with Gasteiger partial charge in [0.1, 0.15) is 13.2 Å². The maximum absolute atomic E-state index is 12.8. The fourth-order valence-corrected chi connectivity index (χ4v) is 5.25. The molecule has 0 aliphatic heterocycles. The highest BCUT2D eigenvalue weighted by atomic mass is 16.5. The molecule has 5 rings (SSSR count). The molecule has 0 spiro atoms. The van der Waals surface area contributed by atoms with Crippen LogP contribution in [0.5, 0.6) is 0 Å². The second-order valence-corrected chi connectivity index (χ2v) is 8.35. The molecule has 5 atom stereocenters. The van der Waals surface area contributed by atoms with Gasteiger partial charge in [-0.1, -0.05) is 78.9 Å². The summed E-state index contributed by atoms with van der Waals surface area (Å²) in [6, 6.07) is 19.4. The van der Waals surface area contributed by atoms with Crippen LogP contribution in [0.4, 0.5) is 0 Å². The van der Waals surface area contributed by atoms with Gasteiger partial charge in [-0.15, -0.1) is 0 Å². The molecule has 3 aliphatic rings. The molecule has 152 valence electrons. The molecule has 4 heteroatoms. The minimum Gasteiger partial charge on any atom is -0.460 e. The first-order valence-corrected chi connectivity index (χ1v) is 10.5. The molecule has 1 saturated carbocycles. The van der Waals surface area contributed by atoms with Crippen LogP contribution in [0.2, 0.25) is 0 Å². The van der Waals surface area contributed by atoms with E-state index in [1.54, 1.807) is 0 Å². The van der Waals surface area contributed by atoms with Gasteiger partial charge in [-0.05, 0) is 41.2 Å². The summed E-state index contributed by atoms with van der Waals surface area (Å²) < 4.78 is 11.2. The number of ether oxygens (including phenoxy) is 2. The Balaban J connectivity index is 1.23. The molecule has 1 fully saturated rings. The first-order valence-electron chi connectivity index (χ1n) is 10.5. The highest BCUT2D eigenvalue weighted by Crippen LogP contribution is 2.58. The van der Waals surface area contributed by atoms with Crippen molar-refractivity contribution in [2.45, 2.75) is 19.6 Å². The second kappa shape index (κ2) is 7.94. The van der Waals surface area contributed by atoms with Crippen molar-refractivity contribution in [2.24, 2.45) is 29.6 Å². The molecular weight excluding hydrogens is 376 g/mol. The lowest BCUT2D eigenvalue weighted by Crippen LogP contribution is -2.31. The molecule has 0 amide bonds. The summed E-state index contributed by atoms with van der Waals surface area (Å²) in [4.78, 5) is 25.6. The Morgan fingerprint density at radius 1 is 0.833 bits per heavy atom. The quantitative estimate of drug-likeness (QED) is 0.530. The highest BCUT2D eigenvalue weighted by Gasteiger charge is 2.55. The summed E-state index contributed by atoms with van der Waals surface area (Å²) in [6.07, 6.45) is 7.11. The van der Waals surface area contributed by atoms with Crippen LogP contribution in [-0.4, -0.2) is 11.9 Å². The van der Waals surface area contributed by atoms with Crippen LogP contribution in [0, 0.1) is 29.6 Å². The van der Waals surface area contributed by atoms with Crippen molar-refractivity contribution in [3.05, 3.63) is 95.6 Å². The molecule has 2 aromatic carbocycles. The number of benzene rings is 2. The maximum Gasteiger partial charge on any atom is 0.334 e. The Morgan fingerprint density at radius 3 is 2.13 bits per heavy atom. The number of esters is 2. The van der Waals surface area contributed by atoms with Gasteiger partial charge in [0.25, 0.3) is 0 Å². The normalized spacial score (nSPS) is 28.1. The number of carbonyl (C=O) groups is 2. The van der Waals surface area contributed by atoms with Crippen LogP contribution in [0.3, 0.4) is 0 Å². The van der Waals surface area contributed by atoms with Crippen molar-refractivity contribution in [3.8, 4) is 0 Å². The van der Waals surface area contributed by atoms with Gasteiger partial charge in [-0.25, -0.2) is 4.79 Å². The largest absolute Gasteiger partial charge is 0.460 e. The van der Waals surface area contributed by atoms with Crippen LogP contribution in [-0.2, 0) is 32.3 Å². The lowest BCUT2D eigenvalue weighted by molar-refractivity contribution is -0.151. The second-order valence-electron chi connectivity index (χ2n) is 8.35. The van der Waals surface area contributed by atoms with Crippen molar-refractivity contribution >= 4 is 11.9 Å². The molecule has 30 heavy (non-hydrogen) atoms. The molecular formula is C26H24O4. The topological polar surface area (TPSA) is 52.6 Å². The average Bonchev–Trinajstić information content (AvgIpc) is 3.50. The van der Waals surface area contributed by atoms with E-state index in [4.69, 9.17) is 9.47 Å². The Morgan fingerprint density at radius 2 is 1.47 bits per heavy atom. The summed E-state index contributed by atoms with van der Waals surface area (Å²) in [5, 5.41) is 0. The third kappa shape index (κ3) is 3.47. The molecule has 0 heterocycles. The molecule has 0 radical (unpaired) electrons. The van der Waals surface area contributed by atoms with E-state index in [1.165, 1.54) is 0 Å². The van der Waals surface area contributed by atoms with E-state index >= 15 is 0 Å². The van der Waals surface area contributed by atoms with Crippen LogP contribution in [0.1, 0.15) is 17.5 Å². The molecule has 5 unspecified atom stereocenters. The molecule has 3 aliphatic carbocycles. The van der Waals surface area contributed by atoms with Crippen LogP contribution >= 0.6 is 0 Å². The Hall–Kier alpha value is -3.14. The highest BCUT2D eigenvalue weighted by molar-refractivity contribution is 5.90. The van der Waals surface area contributed by atoms with Gasteiger partial charge in [0, 0.05) is 5.57 Å². The van der Waals surface area contributed by atoms with E-state index < -0.39 is 0 Å². The van der Waals surface area contributed by atoms with Gasteiger partial charge in [-0.3, -0.25) is 4.79 Å². The van der Waals surface area contributed by atoms with E-state index in [-0.39, 0.29) is 42.9 Å². The first-order chi connectivity index (χ1) is 14.7. The van der Waals surface area contributed by atoms with Crippen molar-refractivity contribution < 1.29 is 19.1 Å². The van der Waals surface area contributed by atoms with Gasteiger partial charge in [0.15, 0.2) is 0 Å². The number of hydrogen-bond acceptors (Lipinski definition) is 4. The fraction of sp³-hybridized carbons (Fsp3) is 0.308. The zero-order valence-electron chi connectivity index (χ0n) is 16.6. The molecule has 0 saturated heterocycles. The van der Waals surface area contributed by atoms with E-state index in [2.05, 4.69) is 12.2 Å². The minimum atomic E-state index is -0.292. The lowest BCUT2D eigenvalue weighted by atomic mass is 9.76. The Bertz CT molecular complexity index is 992. The first kappa shape index (κ1) is 18.9. The molecule has 2 aromatic rings. The minimum absolute atomic E-state index is 0.0625. The van der Waals surface area contributed by atoms with Gasteiger partial charge in [-0.2, -0.15) is 0 Å². The molecule has 4 nitrogen and oxygen atoms in total. The number of fused-ring (bicyclic) bond motifs is 5. The van der Waals surface area contributed by atoms with Gasteiger partial charge in [0.05, 0.1) is 5.92 Å². The molecule has 0 N–H and O–H groups in total. The van der Waals surface area contributed by atoms with Gasteiger partial charge < -0.3 is 9.47 Å². The Labute approximate surface area is 176 Å². The number of allylic oxidation sites excluding steroid dienone is 2. The molecule has 0 aromatic heterocycles. The third-order valence-electron chi connectivity index (χ3n) is 6.62. The average molecular weight is 400 g/mol. The zero-order chi connectivity index (χ0) is 20.5. The van der Waals surface area contributed by atoms with E-state index in [0.717, 1.165) is 23.1 Å². The number of carbonyl (C=O) groups excluding carboxylic acids is 2. The smallest absolute Gasteiger partial charge is 0.334 e. The fourth-order valence-electron chi connectivity index (χ4n) is 5.25. The lowest BCUT2D eigenvalue weighted by Gasteiger charge is -2.28. The summed E-state index contributed by atoms with van der Waals surface area (Å²) in [5.41, 5.74) is 2.68. The van der Waals surface area contributed by atoms with Crippen molar-refractivity contribution in [1.29, 1.82) is 0 Å². The van der Waals surface area contributed by atoms with Crippen LogP contribution in [0.25, 0.3) is 0 Å². The summed E-state index contributed by atoms with van der Waals surface area (Å²) in [5.74, 6) is 0.0343. The van der Waals surface area contributed by atoms with Crippen LogP contribution < -0.4 is 0 Å². The zero-order valence-corrected chi connectivity index (χ0v) is 16.6. The van der Waals surface area contributed by atoms with Gasteiger partial charge >= 0.3 is 11.9 Å². The predicted octanol–water partition coefficient (Wildman–Crippen LogP) is 4.47. The monoisotopic (exact) mass is 400 g/mol. The number of hydrogen-bond donors (Lipinski definition) is 0. The summed E-state index contributed by atoms with van der Waals surface area (Å²) in [7, 11) is 0. The van der Waals surface area contributed by atoms with Crippen molar-refractivity contribution in [3.63, 3.8) is 0 Å². The summed E-state index contributed by atoms with van der Waals surface area (Å²) >= 11 is 0. The maximum atomic E-state index is 12.8. The Kier molecular flexibility index (Phi) is 4.99. The third-order valence-corrected chi connectivity index (χ3v) is 6.62. The molecule has 2 bridgehead atoms. The number of rotatable bonds is 6. The van der Waals surface area contributed by atoms with E-state index in [9.17, 15) is 9.59 Å². The summed E-state index contributed by atoms with van der Waals surface area (Å²) in [6.45, 7) is 0.542. The van der Waals surface area contributed by atoms with E-state index in [1.807, 2.05) is 66.7 Å². The van der Waals surface area contributed by atoms with E-state index in [0.29, 0.717) is 11.8 Å². The predicted molar refractivity (Wildman–Crippen MR) is 112 cm³/mol. The van der Waals surface area contributed by atoms with Crippen molar-refractivity contribution in [1.82, 2.24) is 0 Å². The van der Waals surface area contributed by atoms with Crippen molar-refractivity contribution in [2.75, 3.05) is 0 Å².